The Bertz CT molecular complexity index is 945. The number of benzene rings is 1. The molecule has 1 aliphatic heterocycles. The van der Waals surface area contributed by atoms with Gasteiger partial charge in [-0.1, -0.05) is 17.7 Å². The monoisotopic (exact) mass is 394 g/mol. The van der Waals surface area contributed by atoms with Crippen LogP contribution in [0.2, 0.25) is 5.02 Å². The van der Waals surface area contributed by atoms with E-state index in [-0.39, 0.29) is 11.8 Å². The molecule has 5 nitrogen and oxygen atoms in total. The first kappa shape index (κ1) is 18.6. The Morgan fingerprint density at radius 3 is 2.57 bits per heavy atom. The summed E-state index contributed by atoms with van der Waals surface area (Å²) >= 11 is 6.05. The second kappa shape index (κ2) is 8.07. The quantitative estimate of drug-likeness (QED) is 0.698. The lowest BCUT2D eigenvalue weighted by atomic mass is 9.95. The molecule has 3 aromatic rings. The Morgan fingerprint density at radius 2 is 1.89 bits per heavy atom. The SMILES string of the molecule is Cc1ccc(Cl)cc1NC(=O)C1CCN(c2ccc(-n3cccc3)cn2)CC1. The van der Waals surface area contributed by atoms with E-state index >= 15 is 0 Å². The van der Waals surface area contributed by atoms with Gasteiger partial charge in [0.2, 0.25) is 5.91 Å². The zero-order valence-corrected chi connectivity index (χ0v) is 16.6. The number of aromatic nitrogens is 2. The molecule has 0 radical (unpaired) electrons. The highest BCUT2D eigenvalue weighted by atomic mass is 35.5. The van der Waals surface area contributed by atoms with Gasteiger partial charge in [0, 0.05) is 42.1 Å². The molecule has 6 heteroatoms. The van der Waals surface area contributed by atoms with Crippen LogP contribution in [0.15, 0.2) is 61.1 Å². The summed E-state index contributed by atoms with van der Waals surface area (Å²) in [7, 11) is 0. The molecule has 0 aliphatic carbocycles. The van der Waals surface area contributed by atoms with E-state index in [9.17, 15) is 4.79 Å². The highest BCUT2D eigenvalue weighted by Gasteiger charge is 2.26. The molecule has 2 aromatic heterocycles. The predicted molar refractivity (Wildman–Crippen MR) is 113 cm³/mol. The predicted octanol–water partition coefficient (Wildman–Crippen LogP) is 4.69. The van der Waals surface area contributed by atoms with Gasteiger partial charge in [0.05, 0.1) is 11.9 Å². The van der Waals surface area contributed by atoms with Crippen molar-refractivity contribution in [3.63, 3.8) is 0 Å². The maximum atomic E-state index is 12.7. The van der Waals surface area contributed by atoms with Crippen LogP contribution in [0.4, 0.5) is 11.5 Å². The van der Waals surface area contributed by atoms with Crippen LogP contribution in [-0.4, -0.2) is 28.5 Å². The molecule has 1 aliphatic rings. The zero-order chi connectivity index (χ0) is 19.5. The molecule has 1 aromatic carbocycles. The number of nitrogens with one attached hydrogen (secondary N) is 1. The summed E-state index contributed by atoms with van der Waals surface area (Å²) in [6.45, 7) is 3.61. The van der Waals surface area contributed by atoms with E-state index in [0.717, 1.165) is 48.7 Å². The number of rotatable bonds is 4. The van der Waals surface area contributed by atoms with Gasteiger partial charge in [-0.2, -0.15) is 0 Å². The molecule has 0 bridgehead atoms. The van der Waals surface area contributed by atoms with Crippen LogP contribution >= 0.6 is 11.6 Å². The van der Waals surface area contributed by atoms with E-state index in [1.165, 1.54) is 0 Å². The molecule has 0 saturated carbocycles. The van der Waals surface area contributed by atoms with Crippen LogP contribution < -0.4 is 10.2 Å². The number of carbonyl (C=O) groups excluding carboxylic acids is 1. The first-order valence-corrected chi connectivity index (χ1v) is 9.89. The summed E-state index contributed by atoms with van der Waals surface area (Å²) in [5.41, 5.74) is 2.85. The summed E-state index contributed by atoms with van der Waals surface area (Å²) in [5.74, 6) is 1.04. The number of anilines is 2. The molecule has 1 saturated heterocycles. The number of piperidine rings is 1. The molecular weight excluding hydrogens is 372 g/mol. The third-order valence-electron chi connectivity index (χ3n) is 5.28. The van der Waals surface area contributed by atoms with Crippen LogP contribution in [0.3, 0.4) is 0 Å². The Labute approximate surface area is 170 Å². The number of carbonyl (C=O) groups is 1. The van der Waals surface area contributed by atoms with E-state index < -0.39 is 0 Å². The molecule has 28 heavy (non-hydrogen) atoms. The van der Waals surface area contributed by atoms with E-state index in [4.69, 9.17) is 11.6 Å². The minimum Gasteiger partial charge on any atom is -0.357 e. The molecule has 0 atom stereocenters. The molecule has 3 heterocycles. The summed E-state index contributed by atoms with van der Waals surface area (Å²) in [4.78, 5) is 19.5. The molecule has 1 amide bonds. The lowest BCUT2D eigenvalue weighted by molar-refractivity contribution is -0.120. The van der Waals surface area contributed by atoms with E-state index in [1.807, 2.05) is 60.4 Å². The molecular formula is C22H23ClN4O. The maximum Gasteiger partial charge on any atom is 0.227 e. The largest absolute Gasteiger partial charge is 0.357 e. The number of amides is 1. The minimum absolute atomic E-state index is 0.00813. The van der Waals surface area contributed by atoms with Crippen molar-refractivity contribution in [2.75, 3.05) is 23.3 Å². The van der Waals surface area contributed by atoms with Crippen molar-refractivity contribution in [1.82, 2.24) is 9.55 Å². The average molecular weight is 395 g/mol. The summed E-state index contributed by atoms with van der Waals surface area (Å²) < 4.78 is 2.03. The highest BCUT2D eigenvalue weighted by molar-refractivity contribution is 6.31. The molecule has 1 fully saturated rings. The van der Waals surface area contributed by atoms with Crippen LogP contribution in [0.25, 0.3) is 5.69 Å². The van der Waals surface area contributed by atoms with Gasteiger partial charge in [-0.15, -0.1) is 0 Å². The van der Waals surface area contributed by atoms with Crippen LogP contribution in [0.1, 0.15) is 18.4 Å². The molecule has 1 N–H and O–H groups in total. The number of hydrogen-bond acceptors (Lipinski definition) is 3. The molecule has 4 rings (SSSR count). The molecule has 0 unspecified atom stereocenters. The van der Waals surface area contributed by atoms with Crippen LogP contribution in [0.5, 0.6) is 0 Å². The number of halogens is 1. The second-order valence-electron chi connectivity index (χ2n) is 7.17. The van der Waals surface area contributed by atoms with Gasteiger partial charge in [-0.25, -0.2) is 4.98 Å². The van der Waals surface area contributed by atoms with E-state index in [1.54, 1.807) is 6.07 Å². The fourth-order valence-electron chi connectivity index (χ4n) is 3.56. The second-order valence-corrected chi connectivity index (χ2v) is 7.61. The third-order valence-corrected chi connectivity index (χ3v) is 5.52. The summed E-state index contributed by atoms with van der Waals surface area (Å²) in [6, 6.07) is 13.7. The number of nitrogens with zero attached hydrogens (tertiary/aromatic N) is 3. The van der Waals surface area contributed by atoms with Crippen molar-refractivity contribution in [3.05, 3.63) is 71.6 Å². The standard InChI is InChI=1S/C22H23ClN4O/c1-16-4-5-18(23)14-20(16)25-22(28)17-8-12-27(13-9-17)21-7-6-19(15-24-21)26-10-2-3-11-26/h2-7,10-11,14-15,17H,8-9,12-13H2,1H3,(H,25,28). The fraction of sp³-hybridized carbons (Fsp3) is 0.273. The first-order valence-electron chi connectivity index (χ1n) is 9.51. The van der Waals surface area contributed by atoms with Crippen LogP contribution in [0, 0.1) is 12.8 Å². The average Bonchev–Trinajstić information content (AvgIpc) is 3.26. The Balaban J connectivity index is 1.35. The smallest absolute Gasteiger partial charge is 0.227 e. The van der Waals surface area contributed by atoms with Gasteiger partial charge in [0.25, 0.3) is 0 Å². The van der Waals surface area contributed by atoms with Crippen molar-refractivity contribution >= 4 is 29.0 Å². The topological polar surface area (TPSA) is 50.2 Å². The lowest BCUT2D eigenvalue weighted by Gasteiger charge is -2.32. The summed E-state index contributed by atoms with van der Waals surface area (Å²) in [5, 5.41) is 3.67. The number of hydrogen-bond donors (Lipinski definition) is 1. The van der Waals surface area contributed by atoms with Crippen molar-refractivity contribution in [3.8, 4) is 5.69 Å². The summed E-state index contributed by atoms with van der Waals surface area (Å²) in [6.07, 6.45) is 7.51. The molecule has 144 valence electrons. The van der Waals surface area contributed by atoms with Gasteiger partial charge in [0.15, 0.2) is 0 Å². The van der Waals surface area contributed by atoms with Gasteiger partial charge >= 0.3 is 0 Å². The first-order chi connectivity index (χ1) is 13.6. The fourth-order valence-corrected chi connectivity index (χ4v) is 3.73. The Kier molecular flexibility index (Phi) is 5.35. The van der Waals surface area contributed by atoms with Crippen molar-refractivity contribution < 1.29 is 4.79 Å². The van der Waals surface area contributed by atoms with Crippen molar-refractivity contribution in [2.45, 2.75) is 19.8 Å². The van der Waals surface area contributed by atoms with Gasteiger partial charge in [-0.05, 0) is 61.7 Å². The number of pyridine rings is 1. The Morgan fingerprint density at radius 1 is 1.14 bits per heavy atom. The van der Waals surface area contributed by atoms with Gasteiger partial charge in [0.1, 0.15) is 5.82 Å². The lowest BCUT2D eigenvalue weighted by Crippen LogP contribution is -2.38. The highest BCUT2D eigenvalue weighted by Crippen LogP contribution is 2.25. The molecule has 0 spiro atoms. The normalized spacial score (nSPS) is 14.9. The van der Waals surface area contributed by atoms with Crippen molar-refractivity contribution in [2.24, 2.45) is 5.92 Å². The van der Waals surface area contributed by atoms with E-state index in [2.05, 4.69) is 21.3 Å². The number of aryl methyl sites for hydroxylation is 1. The van der Waals surface area contributed by atoms with Crippen LogP contribution in [-0.2, 0) is 4.79 Å². The van der Waals surface area contributed by atoms with Gasteiger partial charge < -0.3 is 14.8 Å². The van der Waals surface area contributed by atoms with E-state index in [0.29, 0.717) is 5.02 Å². The zero-order valence-electron chi connectivity index (χ0n) is 15.8. The third kappa shape index (κ3) is 4.04. The Hall–Kier alpha value is -2.79. The van der Waals surface area contributed by atoms with Gasteiger partial charge in [-0.3, -0.25) is 4.79 Å². The van der Waals surface area contributed by atoms with Crippen molar-refractivity contribution in [1.29, 1.82) is 0 Å². The minimum atomic E-state index is 0.00813. The maximum absolute atomic E-state index is 12.7.